The number of benzene rings is 1. The van der Waals surface area contributed by atoms with Gasteiger partial charge in [-0.2, -0.15) is 0 Å². The van der Waals surface area contributed by atoms with Crippen molar-refractivity contribution in [3.8, 4) is 0 Å². The minimum absolute atomic E-state index is 0.0706. The van der Waals surface area contributed by atoms with E-state index in [1.807, 2.05) is 26.0 Å². The Morgan fingerprint density at radius 2 is 1.85 bits per heavy atom. The van der Waals surface area contributed by atoms with E-state index in [0.29, 0.717) is 23.6 Å². The largest absolute Gasteiger partial charge is 0.350 e. The van der Waals surface area contributed by atoms with E-state index in [4.69, 9.17) is 11.6 Å². The summed E-state index contributed by atoms with van der Waals surface area (Å²) in [5.41, 5.74) is 1.48. The van der Waals surface area contributed by atoms with Crippen molar-refractivity contribution < 1.29 is 14.4 Å². The Hall–Kier alpha value is -2.34. The first-order valence-corrected chi connectivity index (χ1v) is 8.77. The van der Waals surface area contributed by atoms with Gasteiger partial charge in [0.15, 0.2) is 0 Å². The molecule has 2 N–H and O–H groups in total. The van der Waals surface area contributed by atoms with Gasteiger partial charge in [0.1, 0.15) is 0 Å². The SMILES string of the molecule is C/C(=C\C(C(C)C)N(C)C(=O)CNC=O)C(=O)NCc1ccc(Cl)cc1. The summed E-state index contributed by atoms with van der Waals surface area (Å²) in [5.74, 6) is -0.307. The van der Waals surface area contributed by atoms with E-state index < -0.39 is 0 Å². The Morgan fingerprint density at radius 1 is 1.23 bits per heavy atom. The van der Waals surface area contributed by atoms with E-state index in [0.717, 1.165) is 5.56 Å². The second-order valence-electron chi connectivity index (χ2n) is 6.40. The van der Waals surface area contributed by atoms with E-state index in [9.17, 15) is 14.4 Å². The molecule has 0 aliphatic heterocycles. The standard InChI is InChI=1S/C19H26ClN3O3/c1-13(2)17(23(4)18(25)11-21-12-24)9-14(3)19(26)22-10-15-5-7-16(20)8-6-15/h5-9,12-13,17H,10-11H2,1-4H3,(H,21,24)(H,22,26)/b14-9+. The van der Waals surface area contributed by atoms with Crippen LogP contribution in [-0.2, 0) is 20.9 Å². The molecule has 1 atom stereocenters. The Bertz CT molecular complexity index is 656. The fraction of sp³-hybridized carbons (Fsp3) is 0.421. The van der Waals surface area contributed by atoms with Gasteiger partial charge < -0.3 is 15.5 Å². The second kappa shape index (κ2) is 10.6. The lowest BCUT2D eigenvalue weighted by molar-refractivity contribution is -0.132. The number of nitrogens with zero attached hydrogens (tertiary/aromatic N) is 1. The van der Waals surface area contributed by atoms with Gasteiger partial charge in [-0.3, -0.25) is 14.4 Å². The van der Waals surface area contributed by atoms with Crippen molar-refractivity contribution in [1.82, 2.24) is 15.5 Å². The smallest absolute Gasteiger partial charge is 0.246 e. The van der Waals surface area contributed by atoms with Gasteiger partial charge in [-0.1, -0.05) is 43.7 Å². The van der Waals surface area contributed by atoms with Gasteiger partial charge in [0.2, 0.25) is 18.2 Å². The van der Waals surface area contributed by atoms with Gasteiger partial charge in [-0.05, 0) is 30.5 Å². The third kappa shape index (κ3) is 6.88. The molecule has 142 valence electrons. The summed E-state index contributed by atoms with van der Waals surface area (Å²) in [4.78, 5) is 36.3. The molecule has 26 heavy (non-hydrogen) atoms. The number of likely N-dealkylation sites (N-methyl/N-ethyl adjacent to an activating group) is 1. The molecule has 0 bridgehead atoms. The summed E-state index contributed by atoms with van der Waals surface area (Å²) in [6.07, 6.45) is 2.27. The van der Waals surface area contributed by atoms with Crippen molar-refractivity contribution in [2.75, 3.05) is 13.6 Å². The Balaban J connectivity index is 2.74. The number of hydrogen-bond donors (Lipinski definition) is 2. The molecule has 1 unspecified atom stereocenters. The highest BCUT2D eigenvalue weighted by Gasteiger charge is 2.22. The summed E-state index contributed by atoms with van der Waals surface area (Å²) in [6.45, 7) is 5.98. The van der Waals surface area contributed by atoms with Crippen LogP contribution < -0.4 is 10.6 Å². The zero-order valence-corrected chi connectivity index (χ0v) is 16.3. The molecular weight excluding hydrogens is 354 g/mol. The topological polar surface area (TPSA) is 78.5 Å². The van der Waals surface area contributed by atoms with Crippen LogP contribution in [0.1, 0.15) is 26.3 Å². The minimum atomic E-state index is -0.253. The Kier molecular flexibility index (Phi) is 8.85. The monoisotopic (exact) mass is 379 g/mol. The molecule has 7 heteroatoms. The van der Waals surface area contributed by atoms with Crippen LogP contribution in [0, 0.1) is 5.92 Å². The molecule has 0 heterocycles. The quantitative estimate of drug-likeness (QED) is 0.509. The van der Waals surface area contributed by atoms with Gasteiger partial charge in [-0.25, -0.2) is 0 Å². The lowest BCUT2D eigenvalue weighted by Gasteiger charge is -2.29. The third-order valence-corrected chi connectivity index (χ3v) is 4.26. The van der Waals surface area contributed by atoms with E-state index >= 15 is 0 Å². The number of rotatable bonds is 9. The normalized spacial score (nSPS) is 12.5. The summed E-state index contributed by atoms with van der Waals surface area (Å²) >= 11 is 5.85. The number of amides is 3. The van der Waals surface area contributed by atoms with Crippen LogP contribution in [-0.4, -0.2) is 42.8 Å². The van der Waals surface area contributed by atoms with Gasteiger partial charge in [-0.15, -0.1) is 0 Å². The molecule has 0 radical (unpaired) electrons. The first kappa shape index (κ1) is 21.7. The molecule has 1 rings (SSSR count). The number of nitrogens with one attached hydrogen (secondary N) is 2. The van der Waals surface area contributed by atoms with Crippen molar-refractivity contribution in [2.24, 2.45) is 5.92 Å². The molecule has 0 saturated carbocycles. The molecule has 0 saturated heterocycles. The molecule has 6 nitrogen and oxygen atoms in total. The fourth-order valence-corrected chi connectivity index (χ4v) is 2.55. The lowest BCUT2D eigenvalue weighted by atomic mass is 9.99. The fourth-order valence-electron chi connectivity index (χ4n) is 2.43. The number of carbonyl (C=O) groups excluding carboxylic acids is 3. The van der Waals surface area contributed by atoms with Gasteiger partial charge in [0, 0.05) is 24.2 Å². The van der Waals surface area contributed by atoms with Crippen molar-refractivity contribution in [3.63, 3.8) is 0 Å². The predicted octanol–water partition coefficient (Wildman–Crippen LogP) is 2.13. The minimum Gasteiger partial charge on any atom is -0.350 e. The van der Waals surface area contributed by atoms with Crippen LogP contribution >= 0.6 is 11.6 Å². The molecule has 0 aromatic heterocycles. The molecule has 1 aromatic carbocycles. The zero-order chi connectivity index (χ0) is 19.7. The molecule has 0 aliphatic carbocycles. The molecule has 0 spiro atoms. The van der Waals surface area contributed by atoms with Crippen molar-refractivity contribution >= 4 is 29.8 Å². The highest BCUT2D eigenvalue weighted by Crippen LogP contribution is 2.14. The van der Waals surface area contributed by atoms with Crippen LogP contribution in [0.4, 0.5) is 0 Å². The highest BCUT2D eigenvalue weighted by molar-refractivity contribution is 6.30. The van der Waals surface area contributed by atoms with E-state index in [1.54, 1.807) is 32.2 Å². The van der Waals surface area contributed by atoms with E-state index in [-0.39, 0.29) is 30.3 Å². The van der Waals surface area contributed by atoms with Crippen LogP contribution in [0.2, 0.25) is 5.02 Å². The molecule has 1 aromatic rings. The Morgan fingerprint density at radius 3 is 2.38 bits per heavy atom. The zero-order valence-electron chi connectivity index (χ0n) is 15.6. The van der Waals surface area contributed by atoms with Gasteiger partial charge in [0.25, 0.3) is 0 Å². The molecule has 0 aliphatic rings. The predicted molar refractivity (Wildman–Crippen MR) is 103 cm³/mol. The number of hydrogen-bond acceptors (Lipinski definition) is 3. The third-order valence-electron chi connectivity index (χ3n) is 4.01. The lowest BCUT2D eigenvalue weighted by Crippen LogP contribution is -2.43. The average molecular weight is 380 g/mol. The van der Waals surface area contributed by atoms with Crippen LogP contribution in [0.5, 0.6) is 0 Å². The molecular formula is C19H26ClN3O3. The Labute approximate surface area is 159 Å². The van der Waals surface area contributed by atoms with Crippen LogP contribution in [0.25, 0.3) is 0 Å². The van der Waals surface area contributed by atoms with Crippen LogP contribution in [0.15, 0.2) is 35.9 Å². The second-order valence-corrected chi connectivity index (χ2v) is 6.83. The maximum absolute atomic E-state index is 12.3. The first-order chi connectivity index (χ1) is 12.3. The summed E-state index contributed by atoms with van der Waals surface area (Å²) in [7, 11) is 1.66. The van der Waals surface area contributed by atoms with Gasteiger partial charge in [0.05, 0.1) is 12.6 Å². The summed E-state index contributed by atoms with van der Waals surface area (Å²) in [5, 5.41) is 5.86. The van der Waals surface area contributed by atoms with Crippen LogP contribution in [0.3, 0.4) is 0 Å². The van der Waals surface area contributed by atoms with Crippen molar-refractivity contribution in [2.45, 2.75) is 33.4 Å². The highest BCUT2D eigenvalue weighted by atomic mass is 35.5. The maximum atomic E-state index is 12.3. The first-order valence-electron chi connectivity index (χ1n) is 8.40. The molecule has 3 amide bonds. The van der Waals surface area contributed by atoms with E-state index in [2.05, 4.69) is 10.6 Å². The van der Waals surface area contributed by atoms with E-state index in [1.165, 1.54) is 4.90 Å². The van der Waals surface area contributed by atoms with Crippen molar-refractivity contribution in [3.05, 3.63) is 46.5 Å². The average Bonchev–Trinajstić information content (AvgIpc) is 2.62. The molecule has 0 fully saturated rings. The summed E-state index contributed by atoms with van der Waals surface area (Å²) in [6, 6.07) is 7.00. The maximum Gasteiger partial charge on any atom is 0.246 e. The van der Waals surface area contributed by atoms with Crippen molar-refractivity contribution in [1.29, 1.82) is 0 Å². The number of halogens is 1. The number of carbonyl (C=O) groups is 3. The van der Waals surface area contributed by atoms with Gasteiger partial charge >= 0.3 is 0 Å². The summed E-state index contributed by atoms with van der Waals surface area (Å²) < 4.78 is 0.